The van der Waals surface area contributed by atoms with Crippen molar-refractivity contribution in [1.82, 2.24) is 4.98 Å². The van der Waals surface area contributed by atoms with E-state index in [0.29, 0.717) is 5.02 Å². The Morgan fingerprint density at radius 2 is 1.52 bits per heavy atom. The Labute approximate surface area is 179 Å². The van der Waals surface area contributed by atoms with E-state index in [1.807, 2.05) is 84.9 Å². The Morgan fingerprint density at radius 1 is 0.828 bits per heavy atom. The summed E-state index contributed by atoms with van der Waals surface area (Å²) in [7, 11) is 0. The quantitative estimate of drug-likeness (QED) is 0.266. The van der Waals surface area contributed by atoms with Gasteiger partial charge in [-0.2, -0.15) is 5.10 Å². The molecule has 0 aliphatic rings. The molecule has 4 aromatic rings. The van der Waals surface area contributed by atoms with Crippen LogP contribution in [-0.4, -0.2) is 11.2 Å². The predicted octanol–water partition coefficient (Wildman–Crippen LogP) is 7.24. The number of aromatic nitrogens is 1. The number of rotatable bonds is 6. The molecule has 0 radical (unpaired) electrons. The molecule has 3 aromatic carbocycles. The van der Waals surface area contributed by atoms with E-state index in [-0.39, 0.29) is 0 Å². The lowest BCUT2D eigenvalue weighted by Gasteiger charge is -2.02. The van der Waals surface area contributed by atoms with E-state index in [1.165, 1.54) is 0 Å². The Morgan fingerprint density at radius 3 is 2.24 bits per heavy atom. The third-order valence-electron chi connectivity index (χ3n) is 4.19. The molecule has 0 saturated heterocycles. The van der Waals surface area contributed by atoms with Crippen LogP contribution in [0.15, 0.2) is 96.1 Å². The summed E-state index contributed by atoms with van der Waals surface area (Å²) in [5.74, 6) is 0. The average molecular weight is 416 g/mol. The van der Waals surface area contributed by atoms with Crippen molar-refractivity contribution in [2.75, 3.05) is 5.43 Å². The van der Waals surface area contributed by atoms with E-state index in [2.05, 4.69) is 22.7 Å². The fourth-order valence-electron chi connectivity index (χ4n) is 2.81. The summed E-state index contributed by atoms with van der Waals surface area (Å²) in [5, 5.41) is 5.72. The van der Waals surface area contributed by atoms with Crippen molar-refractivity contribution in [3.05, 3.63) is 102 Å². The fraction of sp³-hybridized carbons (Fsp3) is 0. The van der Waals surface area contributed by atoms with Crippen LogP contribution in [0.1, 0.15) is 5.56 Å². The van der Waals surface area contributed by atoms with Crippen LogP contribution >= 0.6 is 22.9 Å². The minimum atomic E-state index is 0.707. The molecule has 1 heterocycles. The topological polar surface area (TPSA) is 37.3 Å². The van der Waals surface area contributed by atoms with Gasteiger partial charge in [-0.25, -0.2) is 4.98 Å². The lowest BCUT2D eigenvalue weighted by molar-refractivity contribution is 1.29. The van der Waals surface area contributed by atoms with Gasteiger partial charge < -0.3 is 0 Å². The molecule has 3 nitrogen and oxygen atoms in total. The number of thiazole rings is 1. The van der Waals surface area contributed by atoms with Crippen LogP contribution in [0.5, 0.6) is 0 Å². The van der Waals surface area contributed by atoms with Crippen molar-refractivity contribution >= 4 is 40.4 Å². The molecule has 0 aliphatic heterocycles. The molecule has 0 fully saturated rings. The van der Waals surface area contributed by atoms with Crippen LogP contribution < -0.4 is 5.43 Å². The molecular weight excluding hydrogens is 398 g/mol. The Kier molecular flexibility index (Phi) is 6.15. The number of hydrogen-bond donors (Lipinski definition) is 1. The molecule has 0 saturated carbocycles. The van der Waals surface area contributed by atoms with Gasteiger partial charge in [-0.05, 0) is 29.3 Å². The summed E-state index contributed by atoms with van der Waals surface area (Å²) in [6.07, 6.45) is 5.62. The third kappa shape index (κ3) is 4.99. The van der Waals surface area contributed by atoms with Gasteiger partial charge in [0.05, 0.1) is 10.6 Å². The van der Waals surface area contributed by atoms with E-state index in [1.54, 1.807) is 17.6 Å². The molecule has 5 heteroatoms. The lowest BCUT2D eigenvalue weighted by atomic mass is 10.1. The number of allylic oxidation sites excluding steroid dienone is 1. The number of anilines is 1. The summed E-state index contributed by atoms with van der Waals surface area (Å²) < 4.78 is 0. The zero-order valence-electron chi connectivity index (χ0n) is 15.5. The maximum atomic E-state index is 6.05. The van der Waals surface area contributed by atoms with Gasteiger partial charge in [0.2, 0.25) is 5.13 Å². The van der Waals surface area contributed by atoms with Gasteiger partial charge >= 0.3 is 0 Å². The molecule has 1 aromatic heterocycles. The summed E-state index contributed by atoms with van der Waals surface area (Å²) in [6, 6.07) is 28.1. The summed E-state index contributed by atoms with van der Waals surface area (Å²) in [5.41, 5.74) is 7.22. The van der Waals surface area contributed by atoms with Gasteiger partial charge in [0.15, 0.2) is 0 Å². The first kappa shape index (κ1) is 19.1. The molecule has 0 spiro atoms. The second-order valence-corrected chi connectivity index (χ2v) is 7.66. The Bertz CT molecular complexity index is 1120. The first-order chi connectivity index (χ1) is 14.3. The molecule has 4 rings (SSSR count). The van der Waals surface area contributed by atoms with Crippen LogP contribution in [-0.2, 0) is 0 Å². The molecule has 142 valence electrons. The summed E-state index contributed by atoms with van der Waals surface area (Å²) in [6.45, 7) is 0. The molecule has 29 heavy (non-hydrogen) atoms. The van der Waals surface area contributed by atoms with E-state index in [9.17, 15) is 0 Å². The highest BCUT2D eigenvalue weighted by molar-refractivity contribution is 7.19. The van der Waals surface area contributed by atoms with Gasteiger partial charge in [-0.15, -0.1) is 0 Å². The standard InChI is InChI=1S/C24H18ClN3S/c25-21-15-13-19(14-16-21)22-23(20-11-5-2-6-12-20)29-24(27-22)28-26-17-7-10-18-8-3-1-4-9-18/h1-17H,(H,27,28). The number of hydrazone groups is 1. The molecule has 0 aliphatic carbocycles. The highest BCUT2D eigenvalue weighted by Crippen LogP contribution is 2.39. The highest BCUT2D eigenvalue weighted by Gasteiger charge is 2.14. The zero-order valence-corrected chi connectivity index (χ0v) is 17.1. The smallest absolute Gasteiger partial charge is 0.204 e. The number of nitrogens with one attached hydrogen (secondary N) is 1. The maximum Gasteiger partial charge on any atom is 0.204 e. The van der Waals surface area contributed by atoms with Gasteiger partial charge in [0.1, 0.15) is 0 Å². The Balaban J connectivity index is 1.57. The summed E-state index contributed by atoms with van der Waals surface area (Å²) in [4.78, 5) is 5.86. The number of halogens is 1. The molecule has 0 atom stereocenters. The van der Waals surface area contributed by atoms with Crippen molar-refractivity contribution in [3.8, 4) is 21.7 Å². The van der Waals surface area contributed by atoms with Crippen LogP contribution in [0.2, 0.25) is 5.02 Å². The van der Waals surface area contributed by atoms with Gasteiger partial charge in [0, 0.05) is 16.8 Å². The minimum absolute atomic E-state index is 0.707. The normalized spacial score (nSPS) is 11.3. The van der Waals surface area contributed by atoms with Crippen LogP contribution in [0, 0.1) is 0 Å². The second kappa shape index (κ2) is 9.32. The zero-order chi connectivity index (χ0) is 19.9. The van der Waals surface area contributed by atoms with Gasteiger partial charge in [-0.1, -0.05) is 102 Å². The number of benzene rings is 3. The van der Waals surface area contributed by atoms with Crippen molar-refractivity contribution in [1.29, 1.82) is 0 Å². The van der Waals surface area contributed by atoms with Crippen LogP contribution in [0.4, 0.5) is 5.13 Å². The van der Waals surface area contributed by atoms with Crippen LogP contribution in [0.25, 0.3) is 27.8 Å². The number of nitrogens with zero attached hydrogens (tertiary/aromatic N) is 2. The van der Waals surface area contributed by atoms with E-state index < -0.39 is 0 Å². The second-order valence-electron chi connectivity index (χ2n) is 6.23. The van der Waals surface area contributed by atoms with Crippen LogP contribution in [0.3, 0.4) is 0 Å². The minimum Gasteiger partial charge on any atom is -0.253 e. The van der Waals surface area contributed by atoms with Crippen molar-refractivity contribution in [2.45, 2.75) is 0 Å². The predicted molar refractivity (Wildman–Crippen MR) is 126 cm³/mol. The molecule has 1 N–H and O–H groups in total. The Hall–Kier alpha value is -3.21. The van der Waals surface area contributed by atoms with Crippen molar-refractivity contribution in [2.24, 2.45) is 5.10 Å². The van der Waals surface area contributed by atoms with Crippen molar-refractivity contribution in [3.63, 3.8) is 0 Å². The van der Waals surface area contributed by atoms with E-state index >= 15 is 0 Å². The van der Waals surface area contributed by atoms with E-state index in [4.69, 9.17) is 16.6 Å². The maximum absolute atomic E-state index is 6.05. The van der Waals surface area contributed by atoms with Crippen molar-refractivity contribution < 1.29 is 0 Å². The first-order valence-corrected chi connectivity index (χ1v) is 10.3. The number of hydrogen-bond acceptors (Lipinski definition) is 4. The summed E-state index contributed by atoms with van der Waals surface area (Å²) >= 11 is 7.62. The molecular formula is C24H18ClN3S. The lowest BCUT2D eigenvalue weighted by Crippen LogP contribution is -1.87. The van der Waals surface area contributed by atoms with E-state index in [0.717, 1.165) is 32.4 Å². The average Bonchev–Trinajstić information content (AvgIpc) is 3.20. The SMILES string of the molecule is Clc1ccc(-c2nc(NN=CC=Cc3ccccc3)sc2-c2ccccc2)cc1. The molecule has 0 amide bonds. The highest BCUT2D eigenvalue weighted by atomic mass is 35.5. The van der Waals surface area contributed by atoms with Gasteiger partial charge in [-0.3, -0.25) is 5.43 Å². The molecule has 0 unspecified atom stereocenters. The monoisotopic (exact) mass is 415 g/mol. The largest absolute Gasteiger partial charge is 0.253 e. The first-order valence-electron chi connectivity index (χ1n) is 9.12. The van der Waals surface area contributed by atoms with Gasteiger partial charge in [0.25, 0.3) is 0 Å². The molecule has 0 bridgehead atoms. The third-order valence-corrected chi connectivity index (χ3v) is 5.45. The fourth-order valence-corrected chi connectivity index (χ4v) is 3.88.